The van der Waals surface area contributed by atoms with Crippen molar-refractivity contribution >= 4 is 17.3 Å². The fourth-order valence-electron chi connectivity index (χ4n) is 1.61. The molecule has 2 aromatic carbocycles. The van der Waals surface area contributed by atoms with Crippen LogP contribution < -0.4 is 15.2 Å². The van der Waals surface area contributed by atoms with Crippen LogP contribution in [-0.4, -0.2) is 16.4 Å². The monoisotopic (exact) mass is 292 g/mol. The first-order valence-electron chi connectivity index (χ1n) is 5.86. The summed E-state index contributed by atoms with van der Waals surface area (Å²) < 4.78 is 5.05. The number of quaternary nitrogens is 2. The van der Waals surface area contributed by atoms with Gasteiger partial charge in [-0.1, -0.05) is 6.07 Å². The third-order valence-corrected chi connectivity index (χ3v) is 2.66. The van der Waals surface area contributed by atoms with Crippen LogP contribution in [0.5, 0.6) is 5.75 Å². The second kappa shape index (κ2) is 6.41. The molecule has 2 aromatic rings. The minimum absolute atomic E-state index is 0.0225. The van der Waals surface area contributed by atoms with Crippen molar-refractivity contribution in [3.05, 3.63) is 64.5 Å². The minimum atomic E-state index is -1.14. The van der Waals surface area contributed by atoms with Crippen molar-refractivity contribution < 1.29 is 30.4 Å². The SMILES string of the molecule is O=C(Oc1ccc([NH+]([O-])O)cc1)c1cccc([NH+]([O-])O)c1. The van der Waals surface area contributed by atoms with E-state index >= 15 is 0 Å². The molecule has 0 heterocycles. The lowest BCUT2D eigenvalue weighted by atomic mass is 10.2. The lowest BCUT2D eigenvalue weighted by molar-refractivity contribution is -0.991. The van der Waals surface area contributed by atoms with Gasteiger partial charge in [0.25, 0.3) is 0 Å². The molecule has 8 heteroatoms. The summed E-state index contributed by atoms with van der Waals surface area (Å²) in [5, 5.41) is 36.9. The van der Waals surface area contributed by atoms with Crippen LogP contribution in [0, 0.1) is 10.4 Å². The van der Waals surface area contributed by atoms with Gasteiger partial charge in [0, 0.05) is 24.3 Å². The molecule has 0 bridgehead atoms. The zero-order valence-electron chi connectivity index (χ0n) is 10.6. The van der Waals surface area contributed by atoms with E-state index in [-0.39, 0.29) is 22.7 Å². The first-order chi connectivity index (χ1) is 9.97. The van der Waals surface area contributed by atoms with E-state index in [2.05, 4.69) is 0 Å². The van der Waals surface area contributed by atoms with Crippen molar-refractivity contribution in [2.24, 2.45) is 0 Å². The van der Waals surface area contributed by atoms with Crippen LogP contribution in [0.15, 0.2) is 48.5 Å². The van der Waals surface area contributed by atoms with Gasteiger partial charge in [0.2, 0.25) is 0 Å². The Morgan fingerprint density at radius 3 is 2.14 bits per heavy atom. The minimum Gasteiger partial charge on any atom is -0.595 e. The molecule has 0 aliphatic heterocycles. The van der Waals surface area contributed by atoms with Crippen LogP contribution in [-0.2, 0) is 0 Å². The van der Waals surface area contributed by atoms with Crippen molar-refractivity contribution in [1.29, 1.82) is 0 Å². The lowest BCUT2D eigenvalue weighted by Crippen LogP contribution is -2.99. The number of rotatable bonds is 4. The van der Waals surface area contributed by atoms with E-state index in [0.29, 0.717) is 0 Å². The molecule has 0 amide bonds. The molecule has 0 radical (unpaired) electrons. The maximum Gasteiger partial charge on any atom is 0.343 e. The van der Waals surface area contributed by atoms with Gasteiger partial charge in [-0.25, -0.2) is 15.2 Å². The summed E-state index contributed by atoms with van der Waals surface area (Å²) in [5.74, 6) is -0.549. The molecule has 0 saturated heterocycles. The zero-order valence-corrected chi connectivity index (χ0v) is 10.6. The molecular formula is C13H12N2O6. The highest BCUT2D eigenvalue weighted by molar-refractivity contribution is 5.91. The van der Waals surface area contributed by atoms with E-state index in [1.807, 2.05) is 0 Å². The summed E-state index contributed by atoms with van der Waals surface area (Å²) in [6, 6.07) is 10.7. The number of carbonyl (C=O) groups excluding carboxylic acids is 1. The first kappa shape index (κ1) is 15.1. The largest absolute Gasteiger partial charge is 0.595 e. The second-order valence-corrected chi connectivity index (χ2v) is 4.11. The van der Waals surface area contributed by atoms with Gasteiger partial charge in [0.15, 0.2) is 11.4 Å². The predicted octanol–water partition coefficient (Wildman–Crippen LogP) is -0.287. The Bertz CT molecular complexity index is 627. The number of nitrogens with one attached hydrogen (secondary N) is 2. The number of hydrogen-bond donors (Lipinski definition) is 4. The van der Waals surface area contributed by atoms with E-state index < -0.39 is 16.4 Å². The maximum absolute atomic E-state index is 11.9. The van der Waals surface area contributed by atoms with Crippen molar-refractivity contribution in [3.8, 4) is 5.75 Å². The highest BCUT2D eigenvalue weighted by atomic mass is 16.8. The summed E-state index contributed by atoms with van der Waals surface area (Å²) in [5.41, 5.74) is 0.144. The number of benzene rings is 2. The number of hydrogen-bond acceptors (Lipinski definition) is 6. The number of ether oxygens (including phenoxy) is 1. The molecular weight excluding hydrogens is 280 g/mol. The molecule has 2 atom stereocenters. The van der Waals surface area contributed by atoms with Gasteiger partial charge >= 0.3 is 5.97 Å². The summed E-state index contributed by atoms with van der Waals surface area (Å²) >= 11 is 0. The molecule has 0 aliphatic rings. The lowest BCUT2D eigenvalue weighted by Gasteiger charge is -2.13. The van der Waals surface area contributed by atoms with Crippen LogP contribution in [0.2, 0.25) is 0 Å². The molecule has 0 aliphatic carbocycles. The van der Waals surface area contributed by atoms with Gasteiger partial charge in [-0.15, -0.1) is 0 Å². The molecule has 0 saturated carbocycles. The highest BCUT2D eigenvalue weighted by Gasteiger charge is 2.12. The van der Waals surface area contributed by atoms with Gasteiger partial charge in [-0.3, -0.25) is 0 Å². The zero-order chi connectivity index (χ0) is 15.4. The van der Waals surface area contributed by atoms with Crippen LogP contribution in [0.4, 0.5) is 11.4 Å². The Kier molecular flexibility index (Phi) is 4.60. The summed E-state index contributed by atoms with van der Waals surface area (Å²) in [6.45, 7) is 0. The van der Waals surface area contributed by atoms with Gasteiger partial charge in [-0.05, 0) is 18.2 Å². The molecule has 21 heavy (non-hydrogen) atoms. The molecule has 2 unspecified atom stereocenters. The number of carbonyl (C=O) groups is 1. The molecule has 8 nitrogen and oxygen atoms in total. The fraction of sp³-hybridized carbons (Fsp3) is 0. The van der Waals surface area contributed by atoms with Crippen LogP contribution >= 0.6 is 0 Å². The van der Waals surface area contributed by atoms with Crippen molar-refractivity contribution in [2.75, 3.05) is 0 Å². The van der Waals surface area contributed by atoms with E-state index in [4.69, 9.17) is 15.2 Å². The Hall–Kier alpha value is -2.33. The average Bonchev–Trinajstić information content (AvgIpc) is 2.48. The third kappa shape index (κ3) is 3.83. The van der Waals surface area contributed by atoms with E-state index in [9.17, 15) is 15.2 Å². The van der Waals surface area contributed by atoms with Gasteiger partial charge in [0.05, 0.1) is 5.56 Å². The van der Waals surface area contributed by atoms with E-state index in [0.717, 1.165) is 0 Å². The standard InChI is InChI=1S/C13H12N2O6/c16-13(9-2-1-3-11(8-9)15(19)20)21-12-6-4-10(5-7-12)14(17)18/h1-8,14-15,17,19H. The van der Waals surface area contributed by atoms with Crippen molar-refractivity contribution in [1.82, 2.24) is 0 Å². The molecule has 0 aromatic heterocycles. The van der Waals surface area contributed by atoms with Crippen LogP contribution in [0.3, 0.4) is 0 Å². The Balaban J connectivity index is 2.12. The van der Waals surface area contributed by atoms with Crippen molar-refractivity contribution in [2.45, 2.75) is 0 Å². The summed E-state index contributed by atoms with van der Waals surface area (Å²) in [4.78, 5) is 11.9. The molecule has 4 N–H and O–H groups in total. The van der Waals surface area contributed by atoms with E-state index in [1.54, 1.807) is 0 Å². The fourth-order valence-corrected chi connectivity index (χ4v) is 1.61. The smallest absolute Gasteiger partial charge is 0.343 e. The van der Waals surface area contributed by atoms with Crippen molar-refractivity contribution in [3.63, 3.8) is 0 Å². The molecule has 0 fully saturated rings. The maximum atomic E-state index is 11.9. The summed E-state index contributed by atoms with van der Waals surface area (Å²) in [7, 11) is 0. The van der Waals surface area contributed by atoms with Crippen LogP contribution in [0.1, 0.15) is 10.4 Å². The predicted molar refractivity (Wildman–Crippen MR) is 69.4 cm³/mol. The Labute approximate surface area is 119 Å². The molecule has 110 valence electrons. The topological polar surface area (TPSA) is 122 Å². The first-order valence-corrected chi connectivity index (χ1v) is 5.86. The Morgan fingerprint density at radius 1 is 0.952 bits per heavy atom. The van der Waals surface area contributed by atoms with Gasteiger partial charge in [0.1, 0.15) is 5.75 Å². The molecule has 0 spiro atoms. The van der Waals surface area contributed by atoms with E-state index in [1.165, 1.54) is 48.5 Å². The quantitative estimate of drug-likeness (QED) is 0.349. The summed E-state index contributed by atoms with van der Waals surface area (Å²) in [6.07, 6.45) is 0. The second-order valence-electron chi connectivity index (χ2n) is 4.11. The molecule has 2 rings (SSSR count). The average molecular weight is 292 g/mol. The third-order valence-electron chi connectivity index (χ3n) is 2.66. The van der Waals surface area contributed by atoms with Crippen LogP contribution in [0.25, 0.3) is 0 Å². The van der Waals surface area contributed by atoms with Gasteiger partial charge < -0.3 is 15.2 Å². The highest BCUT2D eigenvalue weighted by Crippen LogP contribution is 2.16. The van der Waals surface area contributed by atoms with Gasteiger partial charge in [-0.2, -0.15) is 10.5 Å². The normalized spacial score (nSPS) is 13.5. The number of esters is 1. The Morgan fingerprint density at radius 2 is 1.57 bits per heavy atom.